The molecular weight excluding hydrogens is 398 g/mol. The Morgan fingerprint density at radius 1 is 1.30 bits per heavy atom. The van der Waals surface area contributed by atoms with Crippen LogP contribution < -0.4 is 0 Å². The Balaban J connectivity index is 1.45. The van der Waals surface area contributed by atoms with E-state index < -0.39 is 0 Å². The summed E-state index contributed by atoms with van der Waals surface area (Å²) in [6.07, 6.45) is 5.79. The quantitative estimate of drug-likeness (QED) is 0.603. The first-order chi connectivity index (χ1) is 14.4. The highest BCUT2D eigenvalue weighted by atomic mass is 32.1. The van der Waals surface area contributed by atoms with E-state index in [0.29, 0.717) is 35.9 Å². The standard InChI is InChI=1S/C23H29N3O3S/c1-17(27)21-14-19(16-30-21)23(29)26-12-5-6-18(15-26)8-9-22(28)25(2)13-10-20-7-3-4-11-24-20/h3-4,7,11,14,16,18H,5-6,8-10,12-13,15H2,1-2H3/t18-/m1/s1. The van der Waals surface area contributed by atoms with E-state index in [4.69, 9.17) is 0 Å². The first-order valence-corrected chi connectivity index (χ1v) is 11.3. The van der Waals surface area contributed by atoms with E-state index in [9.17, 15) is 14.4 Å². The van der Waals surface area contributed by atoms with Gasteiger partial charge in [0.2, 0.25) is 5.91 Å². The van der Waals surface area contributed by atoms with E-state index in [2.05, 4.69) is 4.98 Å². The fraction of sp³-hybridized carbons (Fsp3) is 0.478. The summed E-state index contributed by atoms with van der Waals surface area (Å²) in [5, 5.41) is 1.77. The predicted molar refractivity (Wildman–Crippen MR) is 118 cm³/mol. The van der Waals surface area contributed by atoms with Gasteiger partial charge in [-0.1, -0.05) is 6.07 Å². The van der Waals surface area contributed by atoms with Crippen LogP contribution in [0.15, 0.2) is 35.8 Å². The van der Waals surface area contributed by atoms with Crippen LogP contribution in [-0.2, 0) is 11.2 Å². The molecule has 0 aliphatic carbocycles. The van der Waals surface area contributed by atoms with E-state index in [-0.39, 0.29) is 17.6 Å². The number of pyridine rings is 1. The van der Waals surface area contributed by atoms with Crippen molar-refractivity contribution in [3.63, 3.8) is 0 Å². The first-order valence-electron chi connectivity index (χ1n) is 10.5. The van der Waals surface area contributed by atoms with Crippen LogP contribution in [0.4, 0.5) is 0 Å². The number of Topliss-reactive ketones (excluding diaryl/α,β-unsaturated/α-hetero) is 1. The number of hydrogen-bond acceptors (Lipinski definition) is 5. The molecule has 3 heterocycles. The number of carbonyl (C=O) groups is 3. The molecule has 0 N–H and O–H groups in total. The number of thiophene rings is 1. The summed E-state index contributed by atoms with van der Waals surface area (Å²) in [7, 11) is 1.84. The average molecular weight is 428 g/mol. The molecule has 1 atom stereocenters. The molecular formula is C23H29N3O3S. The van der Waals surface area contributed by atoms with E-state index in [1.54, 1.807) is 22.5 Å². The molecule has 0 aromatic carbocycles. The third-order valence-corrected chi connectivity index (χ3v) is 6.65. The summed E-state index contributed by atoms with van der Waals surface area (Å²) in [5.41, 5.74) is 1.58. The third kappa shape index (κ3) is 5.98. The zero-order valence-electron chi connectivity index (χ0n) is 17.7. The van der Waals surface area contributed by atoms with Crippen LogP contribution in [0.25, 0.3) is 0 Å². The molecule has 7 heteroatoms. The molecule has 1 aliphatic rings. The highest BCUT2D eigenvalue weighted by Crippen LogP contribution is 2.24. The van der Waals surface area contributed by atoms with Crippen LogP contribution in [0, 0.1) is 5.92 Å². The highest BCUT2D eigenvalue weighted by molar-refractivity contribution is 7.12. The van der Waals surface area contributed by atoms with Crippen LogP contribution in [0.1, 0.15) is 58.3 Å². The van der Waals surface area contributed by atoms with Crippen molar-refractivity contribution in [3.8, 4) is 0 Å². The third-order valence-electron chi connectivity index (χ3n) is 5.62. The smallest absolute Gasteiger partial charge is 0.254 e. The Labute approximate surface area is 181 Å². The maximum atomic E-state index is 12.8. The Bertz CT molecular complexity index is 881. The number of aromatic nitrogens is 1. The van der Waals surface area contributed by atoms with Gasteiger partial charge in [0.05, 0.1) is 10.4 Å². The van der Waals surface area contributed by atoms with Crippen LogP contribution in [-0.4, -0.2) is 59.1 Å². The minimum atomic E-state index is -0.0127. The van der Waals surface area contributed by atoms with E-state index in [1.807, 2.05) is 30.1 Å². The Kier molecular flexibility index (Phi) is 7.74. The van der Waals surface area contributed by atoms with Crippen molar-refractivity contribution in [3.05, 3.63) is 52.0 Å². The van der Waals surface area contributed by atoms with Gasteiger partial charge in [0.1, 0.15) is 0 Å². The summed E-state index contributed by atoms with van der Waals surface area (Å²) < 4.78 is 0. The van der Waals surface area contributed by atoms with Crippen molar-refractivity contribution in [1.29, 1.82) is 0 Å². The van der Waals surface area contributed by atoms with E-state index >= 15 is 0 Å². The molecule has 2 aromatic rings. The number of piperidine rings is 1. The number of ketones is 1. The van der Waals surface area contributed by atoms with Gasteiger partial charge in [0, 0.05) is 56.8 Å². The van der Waals surface area contributed by atoms with Crippen molar-refractivity contribution < 1.29 is 14.4 Å². The van der Waals surface area contributed by atoms with Crippen molar-refractivity contribution >= 4 is 28.9 Å². The van der Waals surface area contributed by atoms with Crippen molar-refractivity contribution in [1.82, 2.24) is 14.8 Å². The van der Waals surface area contributed by atoms with Gasteiger partial charge in [-0.25, -0.2) is 0 Å². The monoisotopic (exact) mass is 427 g/mol. The summed E-state index contributed by atoms with van der Waals surface area (Å²) in [5.74, 6) is 0.448. The number of hydrogen-bond donors (Lipinski definition) is 0. The summed E-state index contributed by atoms with van der Waals surface area (Å²) in [6, 6.07) is 7.51. The molecule has 1 saturated heterocycles. The fourth-order valence-corrected chi connectivity index (χ4v) is 4.56. The zero-order chi connectivity index (χ0) is 21.5. The second-order valence-corrected chi connectivity index (χ2v) is 8.85. The SMILES string of the molecule is CC(=O)c1cc(C(=O)N2CCC[C@H](CCC(=O)N(C)CCc3ccccn3)C2)cs1. The minimum absolute atomic E-state index is 0.0118. The molecule has 2 amide bonds. The molecule has 0 saturated carbocycles. The molecule has 1 fully saturated rings. The molecule has 0 unspecified atom stereocenters. The molecule has 6 nitrogen and oxygen atoms in total. The van der Waals surface area contributed by atoms with Crippen molar-refractivity contribution in [2.75, 3.05) is 26.7 Å². The summed E-state index contributed by atoms with van der Waals surface area (Å²) in [4.78, 5) is 45.3. The molecule has 160 valence electrons. The summed E-state index contributed by atoms with van der Waals surface area (Å²) in [6.45, 7) is 3.58. The molecule has 1 aliphatic heterocycles. The number of likely N-dealkylation sites (N-methyl/N-ethyl adjacent to an activating group) is 1. The first kappa shape index (κ1) is 22.2. The Hall–Kier alpha value is -2.54. The van der Waals surface area contributed by atoms with Gasteiger partial charge in [-0.3, -0.25) is 19.4 Å². The Morgan fingerprint density at radius 3 is 2.83 bits per heavy atom. The molecule has 0 radical (unpaired) electrons. The number of carbonyl (C=O) groups excluding carboxylic acids is 3. The second kappa shape index (κ2) is 10.5. The van der Waals surface area contributed by atoms with Gasteiger partial charge in [-0.15, -0.1) is 11.3 Å². The lowest BCUT2D eigenvalue weighted by atomic mass is 9.92. The number of nitrogens with zero attached hydrogens (tertiary/aromatic N) is 3. The van der Waals surface area contributed by atoms with Crippen LogP contribution >= 0.6 is 11.3 Å². The van der Waals surface area contributed by atoms with Crippen LogP contribution in [0.5, 0.6) is 0 Å². The van der Waals surface area contributed by atoms with Crippen molar-refractivity contribution in [2.24, 2.45) is 5.92 Å². The predicted octanol–water partition coefficient (Wildman–Crippen LogP) is 3.68. The van der Waals surface area contributed by atoms with Crippen LogP contribution in [0.3, 0.4) is 0 Å². The maximum Gasteiger partial charge on any atom is 0.254 e. The Morgan fingerprint density at radius 2 is 2.13 bits per heavy atom. The second-order valence-electron chi connectivity index (χ2n) is 7.94. The lowest BCUT2D eigenvalue weighted by Gasteiger charge is -2.33. The van der Waals surface area contributed by atoms with Gasteiger partial charge >= 0.3 is 0 Å². The maximum absolute atomic E-state index is 12.8. The highest BCUT2D eigenvalue weighted by Gasteiger charge is 2.26. The van der Waals surface area contributed by atoms with Gasteiger partial charge in [0.25, 0.3) is 5.91 Å². The zero-order valence-corrected chi connectivity index (χ0v) is 18.5. The van der Waals surface area contributed by atoms with Gasteiger partial charge < -0.3 is 9.80 Å². The van der Waals surface area contributed by atoms with Crippen LogP contribution in [0.2, 0.25) is 0 Å². The molecule has 2 aromatic heterocycles. The van der Waals surface area contributed by atoms with Crippen molar-refractivity contribution in [2.45, 2.75) is 39.0 Å². The molecule has 30 heavy (non-hydrogen) atoms. The molecule has 0 spiro atoms. The number of amides is 2. The molecule has 3 rings (SSSR count). The van der Waals surface area contributed by atoms with E-state index in [1.165, 1.54) is 18.3 Å². The van der Waals surface area contributed by atoms with E-state index in [0.717, 1.165) is 37.9 Å². The topological polar surface area (TPSA) is 70.6 Å². The largest absolute Gasteiger partial charge is 0.345 e. The summed E-state index contributed by atoms with van der Waals surface area (Å²) >= 11 is 1.32. The average Bonchev–Trinajstić information content (AvgIpc) is 3.27. The van der Waals surface area contributed by atoms with Gasteiger partial charge in [-0.2, -0.15) is 0 Å². The normalized spacial score (nSPS) is 16.3. The van der Waals surface area contributed by atoms with Gasteiger partial charge in [-0.05, 0) is 50.3 Å². The minimum Gasteiger partial charge on any atom is -0.345 e. The lowest BCUT2D eigenvalue weighted by Crippen LogP contribution is -2.40. The number of likely N-dealkylation sites (tertiary alicyclic amines) is 1. The fourth-order valence-electron chi connectivity index (χ4n) is 3.77. The van der Waals surface area contributed by atoms with Gasteiger partial charge in [0.15, 0.2) is 5.78 Å². The lowest BCUT2D eigenvalue weighted by molar-refractivity contribution is -0.130. The molecule has 0 bridgehead atoms. The number of rotatable bonds is 8.